The number of para-hydroxylation sites is 1. The van der Waals surface area contributed by atoms with Crippen molar-refractivity contribution in [1.82, 2.24) is 14.8 Å². The summed E-state index contributed by atoms with van der Waals surface area (Å²) in [6.45, 7) is 4.39. The van der Waals surface area contributed by atoms with Gasteiger partial charge in [0.25, 0.3) is 0 Å². The number of aromatic nitrogens is 1. The first-order valence-electron chi connectivity index (χ1n) is 7.99. The molecule has 1 fully saturated rings. The van der Waals surface area contributed by atoms with Crippen LogP contribution in [0.3, 0.4) is 0 Å². The summed E-state index contributed by atoms with van der Waals surface area (Å²) in [6, 6.07) is 8.51. The van der Waals surface area contributed by atoms with Crippen molar-refractivity contribution in [3.8, 4) is 0 Å². The van der Waals surface area contributed by atoms with Crippen LogP contribution >= 0.6 is 0 Å². The summed E-state index contributed by atoms with van der Waals surface area (Å²) < 4.78 is 0. The van der Waals surface area contributed by atoms with E-state index >= 15 is 0 Å². The number of nitrogens with one attached hydrogen (secondary N) is 1. The SMILES string of the molecule is CC(=O)N1CCC(CN(C)C)(c2c[nH]c3ccccc23)CC1. The van der Waals surface area contributed by atoms with Crippen LogP contribution in [0.25, 0.3) is 10.9 Å². The van der Waals surface area contributed by atoms with Crippen molar-refractivity contribution in [3.63, 3.8) is 0 Å². The maximum atomic E-state index is 11.6. The zero-order chi connectivity index (χ0) is 15.7. The Hall–Kier alpha value is -1.81. The predicted octanol–water partition coefficient (Wildman–Crippen LogP) is 2.61. The number of benzene rings is 1. The van der Waals surface area contributed by atoms with Crippen LogP contribution in [-0.4, -0.2) is 54.4 Å². The normalized spacial score (nSPS) is 18.1. The Balaban J connectivity index is 1.98. The number of likely N-dealkylation sites (tertiary alicyclic amines) is 1. The molecule has 1 N–H and O–H groups in total. The number of H-pyrrole nitrogens is 1. The van der Waals surface area contributed by atoms with E-state index in [-0.39, 0.29) is 11.3 Å². The first-order valence-corrected chi connectivity index (χ1v) is 7.99. The van der Waals surface area contributed by atoms with E-state index in [9.17, 15) is 4.79 Å². The first-order chi connectivity index (χ1) is 10.5. The van der Waals surface area contributed by atoms with Gasteiger partial charge in [0, 0.05) is 49.1 Å². The Morgan fingerprint density at radius 3 is 2.59 bits per heavy atom. The minimum Gasteiger partial charge on any atom is -0.361 e. The number of likely N-dealkylation sites (N-methyl/N-ethyl adjacent to an activating group) is 1. The third-order valence-corrected chi connectivity index (χ3v) is 4.95. The minimum atomic E-state index is 0.120. The van der Waals surface area contributed by atoms with Gasteiger partial charge in [-0.15, -0.1) is 0 Å². The zero-order valence-corrected chi connectivity index (χ0v) is 13.7. The van der Waals surface area contributed by atoms with Gasteiger partial charge in [0.1, 0.15) is 0 Å². The van der Waals surface area contributed by atoms with Crippen LogP contribution in [0.15, 0.2) is 30.5 Å². The number of fused-ring (bicyclic) bond motifs is 1. The third kappa shape index (κ3) is 2.63. The minimum absolute atomic E-state index is 0.120. The molecule has 0 atom stereocenters. The molecule has 1 aliphatic rings. The van der Waals surface area contributed by atoms with Crippen molar-refractivity contribution in [2.75, 3.05) is 33.7 Å². The second-order valence-electron chi connectivity index (χ2n) is 6.77. The second-order valence-corrected chi connectivity index (χ2v) is 6.77. The van der Waals surface area contributed by atoms with E-state index in [1.165, 1.54) is 16.5 Å². The van der Waals surface area contributed by atoms with Crippen LogP contribution in [0.4, 0.5) is 0 Å². The second kappa shape index (κ2) is 5.76. The fraction of sp³-hybridized carbons (Fsp3) is 0.500. The van der Waals surface area contributed by atoms with Crippen molar-refractivity contribution in [1.29, 1.82) is 0 Å². The molecule has 2 aromatic rings. The molecule has 1 aromatic heterocycles. The monoisotopic (exact) mass is 299 g/mol. The Bertz CT molecular complexity index is 666. The van der Waals surface area contributed by atoms with Crippen molar-refractivity contribution in [2.45, 2.75) is 25.2 Å². The number of hydrogen-bond donors (Lipinski definition) is 1. The van der Waals surface area contributed by atoms with Gasteiger partial charge in [0.15, 0.2) is 0 Å². The number of carbonyl (C=O) groups is 1. The lowest BCUT2D eigenvalue weighted by Crippen LogP contribution is -2.48. The highest BCUT2D eigenvalue weighted by Crippen LogP contribution is 2.39. The summed E-state index contributed by atoms with van der Waals surface area (Å²) >= 11 is 0. The van der Waals surface area contributed by atoms with Gasteiger partial charge in [-0.3, -0.25) is 4.79 Å². The van der Waals surface area contributed by atoms with E-state index in [0.717, 1.165) is 32.5 Å². The van der Waals surface area contributed by atoms with Crippen LogP contribution in [0.5, 0.6) is 0 Å². The average Bonchev–Trinajstić information content (AvgIpc) is 2.91. The lowest BCUT2D eigenvalue weighted by molar-refractivity contribution is -0.130. The van der Waals surface area contributed by atoms with E-state index in [0.29, 0.717) is 0 Å². The van der Waals surface area contributed by atoms with Crippen molar-refractivity contribution in [3.05, 3.63) is 36.0 Å². The summed E-state index contributed by atoms with van der Waals surface area (Å²) in [5.41, 5.74) is 2.72. The quantitative estimate of drug-likeness (QED) is 0.946. The van der Waals surface area contributed by atoms with Crippen LogP contribution in [0.1, 0.15) is 25.3 Å². The molecule has 0 unspecified atom stereocenters. The lowest BCUT2D eigenvalue weighted by atomic mass is 9.72. The summed E-state index contributed by atoms with van der Waals surface area (Å²) in [5.74, 6) is 0.192. The molecule has 0 bridgehead atoms. The summed E-state index contributed by atoms with van der Waals surface area (Å²) in [5, 5.41) is 1.32. The Labute approximate surface area is 132 Å². The molecule has 1 amide bonds. The number of nitrogens with zero attached hydrogens (tertiary/aromatic N) is 2. The molecular weight excluding hydrogens is 274 g/mol. The van der Waals surface area contributed by atoms with Gasteiger partial charge in [-0.2, -0.15) is 0 Å². The number of piperidine rings is 1. The number of amides is 1. The molecule has 22 heavy (non-hydrogen) atoms. The molecule has 2 heterocycles. The predicted molar refractivity (Wildman–Crippen MR) is 90.0 cm³/mol. The van der Waals surface area contributed by atoms with Gasteiger partial charge in [-0.25, -0.2) is 0 Å². The van der Waals surface area contributed by atoms with Crippen molar-refractivity contribution < 1.29 is 4.79 Å². The van der Waals surface area contributed by atoms with Crippen LogP contribution in [-0.2, 0) is 10.2 Å². The van der Waals surface area contributed by atoms with Gasteiger partial charge < -0.3 is 14.8 Å². The summed E-state index contributed by atoms with van der Waals surface area (Å²) in [6.07, 6.45) is 4.22. The van der Waals surface area contributed by atoms with E-state index in [1.54, 1.807) is 6.92 Å². The molecular formula is C18H25N3O. The van der Waals surface area contributed by atoms with Gasteiger partial charge >= 0.3 is 0 Å². The summed E-state index contributed by atoms with van der Waals surface area (Å²) in [4.78, 5) is 19.3. The first kappa shape index (κ1) is 15.1. The van der Waals surface area contributed by atoms with Gasteiger partial charge in [0.05, 0.1) is 0 Å². The van der Waals surface area contributed by atoms with Crippen molar-refractivity contribution >= 4 is 16.8 Å². The largest absolute Gasteiger partial charge is 0.361 e. The molecule has 3 rings (SSSR count). The highest BCUT2D eigenvalue weighted by molar-refractivity contribution is 5.84. The van der Waals surface area contributed by atoms with Crippen molar-refractivity contribution in [2.24, 2.45) is 0 Å². The highest BCUT2D eigenvalue weighted by atomic mass is 16.2. The zero-order valence-electron chi connectivity index (χ0n) is 13.7. The molecule has 118 valence electrons. The van der Waals surface area contributed by atoms with E-state index in [1.807, 2.05) is 4.90 Å². The maximum absolute atomic E-state index is 11.6. The Kier molecular flexibility index (Phi) is 3.96. The Morgan fingerprint density at radius 1 is 1.27 bits per heavy atom. The van der Waals surface area contributed by atoms with Gasteiger partial charge in [-0.05, 0) is 38.6 Å². The molecule has 0 radical (unpaired) electrons. The smallest absolute Gasteiger partial charge is 0.219 e. The van der Waals surface area contributed by atoms with E-state index in [2.05, 4.69) is 54.4 Å². The van der Waals surface area contributed by atoms with E-state index < -0.39 is 0 Å². The maximum Gasteiger partial charge on any atom is 0.219 e. The third-order valence-electron chi connectivity index (χ3n) is 4.95. The standard InChI is InChI=1S/C18H25N3O/c1-14(22)21-10-8-18(9-11-21,13-20(2)3)16-12-19-17-7-5-4-6-15(16)17/h4-7,12,19H,8-11,13H2,1-3H3. The molecule has 0 aliphatic carbocycles. The molecule has 0 saturated carbocycles. The number of carbonyl (C=O) groups excluding carboxylic acids is 1. The average molecular weight is 299 g/mol. The summed E-state index contributed by atoms with van der Waals surface area (Å²) in [7, 11) is 4.27. The van der Waals surface area contributed by atoms with Crippen LogP contribution in [0.2, 0.25) is 0 Å². The van der Waals surface area contributed by atoms with Gasteiger partial charge in [-0.1, -0.05) is 18.2 Å². The molecule has 0 spiro atoms. The molecule has 1 saturated heterocycles. The Morgan fingerprint density at radius 2 is 1.95 bits per heavy atom. The number of rotatable bonds is 3. The molecule has 1 aliphatic heterocycles. The molecule has 4 nitrogen and oxygen atoms in total. The fourth-order valence-electron chi connectivity index (χ4n) is 3.88. The molecule has 4 heteroatoms. The molecule has 1 aromatic carbocycles. The topological polar surface area (TPSA) is 39.3 Å². The fourth-order valence-corrected chi connectivity index (χ4v) is 3.88. The number of aromatic amines is 1. The lowest BCUT2D eigenvalue weighted by Gasteiger charge is -2.43. The number of hydrogen-bond acceptors (Lipinski definition) is 2. The van der Waals surface area contributed by atoms with Gasteiger partial charge in [0.2, 0.25) is 5.91 Å². The highest BCUT2D eigenvalue weighted by Gasteiger charge is 2.38. The van der Waals surface area contributed by atoms with E-state index in [4.69, 9.17) is 0 Å². The van der Waals surface area contributed by atoms with Crippen LogP contribution < -0.4 is 0 Å². The van der Waals surface area contributed by atoms with Crippen LogP contribution in [0, 0.1) is 0 Å².